The number of aryl methyl sites for hydroxylation is 2. The first-order chi connectivity index (χ1) is 8.17. The molecule has 0 radical (unpaired) electrons. The molecule has 0 unspecified atom stereocenters. The highest BCUT2D eigenvalue weighted by Crippen LogP contribution is 2.21. The third-order valence-electron chi connectivity index (χ3n) is 2.76. The van der Waals surface area contributed by atoms with Crippen LogP contribution >= 0.6 is 0 Å². The number of hydrogen-bond donors (Lipinski definition) is 2. The van der Waals surface area contributed by atoms with Crippen LogP contribution in [-0.2, 0) is 13.5 Å². The van der Waals surface area contributed by atoms with Gasteiger partial charge in [-0.1, -0.05) is 6.92 Å². The smallest absolute Gasteiger partial charge is 0.180 e. The zero-order valence-electron chi connectivity index (χ0n) is 10.2. The molecule has 0 atom stereocenters. The van der Waals surface area contributed by atoms with Gasteiger partial charge in [0.05, 0.1) is 12.5 Å². The molecule has 0 aromatic carbocycles. The fourth-order valence-corrected chi connectivity index (χ4v) is 1.74. The summed E-state index contributed by atoms with van der Waals surface area (Å²) in [6.45, 7) is 4.02. The Labute approximate surface area is 99.9 Å². The maximum Gasteiger partial charge on any atom is 0.180 e. The van der Waals surface area contributed by atoms with E-state index in [1.54, 1.807) is 12.5 Å². The van der Waals surface area contributed by atoms with Crippen molar-refractivity contribution >= 4 is 5.82 Å². The van der Waals surface area contributed by atoms with Crippen LogP contribution in [0.4, 0.5) is 5.82 Å². The summed E-state index contributed by atoms with van der Waals surface area (Å²) in [5.41, 5.74) is 5.46. The number of rotatable bonds is 3. The van der Waals surface area contributed by atoms with Crippen LogP contribution in [0, 0.1) is 6.92 Å². The lowest BCUT2D eigenvalue weighted by molar-refractivity contribution is 0.895. The third-order valence-corrected chi connectivity index (χ3v) is 2.76. The van der Waals surface area contributed by atoms with Gasteiger partial charge in [0.1, 0.15) is 11.5 Å². The van der Waals surface area contributed by atoms with Gasteiger partial charge >= 0.3 is 0 Å². The molecule has 0 amide bonds. The molecular formula is C11H16N6. The number of nitrogens with zero attached hydrogens (tertiary/aromatic N) is 4. The van der Waals surface area contributed by atoms with E-state index >= 15 is 0 Å². The highest BCUT2D eigenvalue weighted by atomic mass is 15.3. The average Bonchev–Trinajstić information content (AvgIpc) is 2.76. The predicted octanol–water partition coefficient (Wildman–Crippen LogP) is 1.03. The van der Waals surface area contributed by atoms with Gasteiger partial charge in [0.15, 0.2) is 5.82 Å². The Balaban J connectivity index is 2.60. The van der Waals surface area contributed by atoms with E-state index in [9.17, 15) is 0 Å². The molecule has 17 heavy (non-hydrogen) atoms. The number of imidazole rings is 1. The third kappa shape index (κ3) is 1.99. The first kappa shape index (κ1) is 11.5. The molecule has 6 nitrogen and oxygen atoms in total. The fraction of sp³-hybridized carbons (Fsp3) is 0.364. The van der Waals surface area contributed by atoms with Crippen LogP contribution in [0.5, 0.6) is 0 Å². The van der Waals surface area contributed by atoms with E-state index in [0.717, 1.165) is 23.4 Å². The Kier molecular flexibility index (Phi) is 3.06. The number of aromatic nitrogens is 4. The summed E-state index contributed by atoms with van der Waals surface area (Å²) in [5.74, 6) is 6.77. The van der Waals surface area contributed by atoms with Crippen molar-refractivity contribution in [1.29, 1.82) is 0 Å². The monoisotopic (exact) mass is 232 g/mol. The number of nitrogen functional groups attached to an aromatic ring is 1. The number of hydrazine groups is 1. The standard InChI is InChI=1S/C11H16N6/c1-4-8-7(2)10(16-12)15-11(14-8)9-5-13-6-17(9)3/h5-6H,4,12H2,1-3H3,(H,14,15,16). The lowest BCUT2D eigenvalue weighted by Crippen LogP contribution is -2.13. The van der Waals surface area contributed by atoms with Gasteiger partial charge in [-0.3, -0.25) is 0 Å². The lowest BCUT2D eigenvalue weighted by Gasteiger charge is -2.10. The Morgan fingerprint density at radius 2 is 2.18 bits per heavy atom. The second kappa shape index (κ2) is 4.50. The van der Waals surface area contributed by atoms with Crippen molar-refractivity contribution in [2.75, 3.05) is 5.43 Å². The van der Waals surface area contributed by atoms with Crippen molar-refractivity contribution in [3.8, 4) is 11.5 Å². The second-order valence-corrected chi connectivity index (χ2v) is 3.86. The maximum atomic E-state index is 5.47. The van der Waals surface area contributed by atoms with Gasteiger partial charge in [0.25, 0.3) is 0 Å². The van der Waals surface area contributed by atoms with E-state index in [1.807, 2.05) is 18.5 Å². The fourth-order valence-electron chi connectivity index (χ4n) is 1.74. The van der Waals surface area contributed by atoms with E-state index in [4.69, 9.17) is 5.84 Å². The zero-order chi connectivity index (χ0) is 12.4. The van der Waals surface area contributed by atoms with Crippen molar-refractivity contribution in [2.45, 2.75) is 20.3 Å². The number of hydrogen-bond acceptors (Lipinski definition) is 5. The molecule has 90 valence electrons. The molecule has 0 bridgehead atoms. The summed E-state index contributed by atoms with van der Waals surface area (Å²) in [5, 5.41) is 0. The van der Waals surface area contributed by atoms with Gasteiger partial charge in [0, 0.05) is 18.3 Å². The molecule has 6 heteroatoms. The summed E-state index contributed by atoms with van der Waals surface area (Å²) < 4.78 is 1.88. The van der Waals surface area contributed by atoms with Crippen LogP contribution < -0.4 is 11.3 Å². The maximum absolute atomic E-state index is 5.47. The summed E-state index contributed by atoms with van der Waals surface area (Å²) in [7, 11) is 1.91. The van der Waals surface area contributed by atoms with Gasteiger partial charge in [-0.05, 0) is 13.3 Å². The summed E-state index contributed by atoms with van der Waals surface area (Å²) in [6, 6.07) is 0. The topological polar surface area (TPSA) is 81.7 Å². The van der Waals surface area contributed by atoms with Crippen LogP contribution in [0.25, 0.3) is 11.5 Å². The van der Waals surface area contributed by atoms with E-state index in [-0.39, 0.29) is 0 Å². The summed E-state index contributed by atoms with van der Waals surface area (Å²) in [4.78, 5) is 13.0. The summed E-state index contributed by atoms with van der Waals surface area (Å²) >= 11 is 0. The number of anilines is 1. The average molecular weight is 232 g/mol. The molecule has 0 aliphatic carbocycles. The van der Waals surface area contributed by atoms with Crippen molar-refractivity contribution in [2.24, 2.45) is 12.9 Å². The summed E-state index contributed by atoms with van der Waals surface area (Å²) in [6.07, 6.45) is 4.30. The Hall–Kier alpha value is -1.95. The van der Waals surface area contributed by atoms with Crippen LogP contribution in [0.3, 0.4) is 0 Å². The SMILES string of the molecule is CCc1nc(-c2cncn2C)nc(NN)c1C. The molecule has 3 N–H and O–H groups in total. The Morgan fingerprint density at radius 1 is 1.41 bits per heavy atom. The minimum atomic E-state index is 0.639. The first-order valence-corrected chi connectivity index (χ1v) is 5.48. The normalized spacial score (nSPS) is 10.6. The van der Waals surface area contributed by atoms with Crippen molar-refractivity contribution < 1.29 is 0 Å². The van der Waals surface area contributed by atoms with Crippen LogP contribution in [0.15, 0.2) is 12.5 Å². The molecular weight excluding hydrogens is 216 g/mol. The lowest BCUT2D eigenvalue weighted by atomic mass is 10.2. The van der Waals surface area contributed by atoms with Crippen LogP contribution in [-0.4, -0.2) is 19.5 Å². The minimum Gasteiger partial charge on any atom is -0.331 e. The molecule has 0 aliphatic rings. The Bertz CT molecular complexity index is 506. The van der Waals surface area contributed by atoms with Gasteiger partial charge in [-0.25, -0.2) is 20.8 Å². The predicted molar refractivity (Wildman–Crippen MR) is 66.2 cm³/mol. The van der Waals surface area contributed by atoms with Gasteiger partial charge in [-0.15, -0.1) is 0 Å². The van der Waals surface area contributed by atoms with E-state index in [2.05, 4.69) is 27.3 Å². The minimum absolute atomic E-state index is 0.639. The van der Waals surface area contributed by atoms with Crippen molar-refractivity contribution in [3.05, 3.63) is 23.8 Å². The highest BCUT2D eigenvalue weighted by Gasteiger charge is 2.12. The van der Waals surface area contributed by atoms with E-state index < -0.39 is 0 Å². The van der Waals surface area contributed by atoms with E-state index in [0.29, 0.717) is 11.6 Å². The molecule has 0 fully saturated rings. The molecule has 2 aromatic heterocycles. The number of nitrogens with two attached hydrogens (primary N) is 1. The Morgan fingerprint density at radius 3 is 2.71 bits per heavy atom. The molecule has 2 heterocycles. The van der Waals surface area contributed by atoms with Crippen LogP contribution in [0.1, 0.15) is 18.2 Å². The highest BCUT2D eigenvalue weighted by molar-refractivity contribution is 5.55. The largest absolute Gasteiger partial charge is 0.331 e. The van der Waals surface area contributed by atoms with Gasteiger partial charge < -0.3 is 9.99 Å². The molecule has 2 rings (SSSR count). The van der Waals surface area contributed by atoms with Crippen LogP contribution in [0.2, 0.25) is 0 Å². The zero-order valence-corrected chi connectivity index (χ0v) is 10.2. The second-order valence-electron chi connectivity index (χ2n) is 3.86. The van der Waals surface area contributed by atoms with Gasteiger partial charge in [0.2, 0.25) is 0 Å². The molecule has 0 spiro atoms. The van der Waals surface area contributed by atoms with E-state index in [1.165, 1.54) is 0 Å². The van der Waals surface area contributed by atoms with Crippen molar-refractivity contribution in [3.63, 3.8) is 0 Å². The molecule has 0 aliphatic heterocycles. The molecule has 0 saturated heterocycles. The van der Waals surface area contributed by atoms with Crippen molar-refractivity contribution in [1.82, 2.24) is 19.5 Å². The first-order valence-electron chi connectivity index (χ1n) is 5.48. The molecule has 0 saturated carbocycles. The van der Waals surface area contributed by atoms with Gasteiger partial charge in [-0.2, -0.15) is 0 Å². The number of nitrogens with one attached hydrogen (secondary N) is 1. The molecule has 2 aromatic rings. The quantitative estimate of drug-likeness (QED) is 0.610.